The molecule has 0 bridgehead atoms. The van der Waals surface area contributed by atoms with Gasteiger partial charge in [0.1, 0.15) is 0 Å². The maximum absolute atomic E-state index is 12.6. The van der Waals surface area contributed by atoms with Gasteiger partial charge in [0.2, 0.25) is 20.0 Å². The van der Waals surface area contributed by atoms with Crippen LogP contribution in [0.1, 0.15) is 0 Å². The highest BCUT2D eigenvalue weighted by Gasteiger charge is 2.39. The molecular formula is C24H18Cl6N6O8. The zero-order valence-electron chi connectivity index (χ0n) is 21.5. The summed E-state index contributed by atoms with van der Waals surface area (Å²) in [7, 11) is 0. The van der Waals surface area contributed by atoms with Gasteiger partial charge in [-0.2, -0.15) is 0 Å². The standard InChI is InChI=1S/C24H18Cl6N6O8/c25-23(26,27)19(33-21(37)31-13-5-9-15(10-6-13)35(39)40)43-17-3-1-2-4-18(17)44-20(24(28,29)30)34-22(38)32-14-7-11-16(12-8-14)36(41)42/h1-12,19-20H,(H2,31,33,37)(H2,32,34,38). The minimum absolute atomic E-state index is 0.128. The largest absolute Gasteiger partial charge is 0.462 e. The second kappa shape index (κ2) is 14.9. The van der Waals surface area contributed by atoms with E-state index in [1.54, 1.807) is 0 Å². The van der Waals surface area contributed by atoms with Crippen LogP contribution in [0, 0.1) is 20.2 Å². The summed E-state index contributed by atoms with van der Waals surface area (Å²) in [6.45, 7) is 0. The molecule has 0 saturated carbocycles. The van der Waals surface area contributed by atoms with E-state index in [4.69, 9.17) is 79.1 Å². The van der Waals surface area contributed by atoms with Gasteiger partial charge in [0.25, 0.3) is 11.4 Å². The Morgan fingerprint density at radius 2 is 0.932 bits per heavy atom. The van der Waals surface area contributed by atoms with Crippen LogP contribution in [0.5, 0.6) is 11.5 Å². The van der Waals surface area contributed by atoms with Crippen molar-refractivity contribution in [2.75, 3.05) is 10.6 Å². The number of carbonyl (C=O) groups excluding carboxylic acids is 2. The minimum Gasteiger partial charge on any atom is -0.462 e. The molecule has 20 heteroatoms. The van der Waals surface area contributed by atoms with E-state index in [9.17, 15) is 29.8 Å². The fraction of sp³-hybridized carbons (Fsp3) is 0.167. The highest BCUT2D eigenvalue weighted by atomic mass is 35.6. The Kier molecular flexibility index (Phi) is 11.8. The number of nitrogens with zero attached hydrogens (tertiary/aromatic N) is 2. The number of nitro benzene ring substituents is 2. The topological polar surface area (TPSA) is 187 Å². The average Bonchev–Trinajstić information content (AvgIpc) is 2.92. The normalized spacial score (nSPS) is 12.7. The number of ether oxygens (including phenoxy) is 2. The Morgan fingerprint density at radius 3 is 1.20 bits per heavy atom. The third-order valence-corrected chi connectivity index (χ3v) is 6.32. The fourth-order valence-electron chi connectivity index (χ4n) is 3.16. The van der Waals surface area contributed by atoms with Crippen molar-refractivity contribution < 1.29 is 28.9 Å². The molecule has 0 saturated heterocycles. The van der Waals surface area contributed by atoms with Crippen LogP contribution in [0.25, 0.3) is 0 Å². The number of nitro groups is 2. The van der Waals surface area contributed by atoms with Crippen molar-refractivity contribution >= 4 is 104 Å². The van der Waals surface area contributed by atoms with E-state index in [-0.39, 0.29) is 34.2 Å². The summed E-state index contributed by atoms with van der Waals surface area (Å²) in [6, 6.07) is 13.8. The number of anilines is 2. The first-order chi connectivity index (χ1) is 20.5. The highest BCUT2D eigenvalue weighted by Crippen LogP contribution is 2.38. The Balaban J connectivity index is 1.73. The van der Waals surface area contributed by atoms with Crippen LogP contribution in [-0.4, -0.2) is 41.9 Å². The summed E-state index contributed by atoms with van der Waals surface area (Å²) in [5.74, 6) is -0.257. The van der Waals surface area contributed by atoms with E-state index < -0.39 is 41.9 Å². The Hall–Kier alpha value is -3.66. The predicted octanol–water partition coefficient (Wildman–Crippen LogP) is 7.30. The van der Waals surface area contributed by atoms with Crippen molar-refractivity contribution in [3.8, 4) is 11.5 Å². The van der Waals surface area contributed by atoms with Gasteiger partial charge in [-0.05, 0) is 36.4 Å². The van der Waals surface area contributed by atoms with Gasteiger partial charge in [0.15, 0.2) is 11.5 Å². The monoisotopic (exact) mass is 728 g/mol. The third kappa shape index (κ3) is 10.5. The number of hydrogen-bond donors (Lipinski definition) is 4. The van der Waals surface area contributed by atoms with E-state index in [1.165, 1.54) is 72.8 Å². The molecule has 4 amide bonds. The lowest BCUT2D eigenvalue weighted by molar-refractivity contribution is -0.385. The van der Waals surface area contributed by atoms with Gasteiger partial charge >= 0.3 is 12.1 Å². The predicted molar refractivity (Wildman–Crippen MR) is 166 cm³/mol. The number of para-hydroxylation sites is 2. The smallest absolute Gasteiger partial charge is 0.322 e. The molecule has 234 valence electrons. The number of amides is 4. The molecule has 14 nitrogen and oxygen atoms in total. The summed E-state index contributed by atoms with van der Waals surface area (Å²) >= 11 is 36.2. The Bertz CT molecular complexity index is 1390. The lowest BCUT2D eigenvalue weighted by atomic mass is 10.3. The number of halogens is 6. The van der Waals surface area contributed by atoms with Crippen molar-refractivity contribution in [2.45, 2.75) is 20.0 Å². The molecule has 4 N–H and O–H groups in total. The lowest BCUT2D eigenvalue weighted by Gasteiger charge is -2.29. The molecule has 2 unspecified atom stereocenters. The van der Waals surface area contributed by atoms with Crippen LogP contribution >= 0.6 is 69.6 Å². The first-order valence-corrected chi connectivity index (χ1v) is 14.0. The summed E-state index contributed by atoms with van der Waals surface area (Å²) in [4.78, 5) is 45.7. The van der Waals surface area contributed by atoms with Gasteiger partial charge in [-0.15, -0.1) is 0 Å². The average molecular weight is 731 g/mol. The van der Waals surface area contributed by atoms with E-state index in [2.05, 4.69) is 21.3 Å². The maximum atomic E-state index is 12.6. The molecule has 3 aromatic rings. The Labute approximate surface area is 278 Å². The molecule has 0 spiro atoms. The lowest BCUT2D eigenvalue weighted by Crippen LogP contribution is -2.50. The zero-order chi connectivity index (χ0) is 32.7. The molecule has 0 fully saturated rings. The van der Waals surface area contributed by atoms with Gasteiger partial charge in [-0.1, -0.05) is 81.7 Å². The van der Waals surface area contributed by atoms with Gasteiger partial charge in [-0.25, -0.2) is 9.59 Å². The quantitative estimate of drug-likeness (QED) is 0.0724. The summed E-state index contributed by atoms with van der Waals surface area (Å²) in [6.07, 6.45) is -3.31. The van der Waals surface area contributed by atoms with Crippen molar-refractivity contribution in [1.82, 2.24) is 10.6 Å². The van der Waals surface area contributed by atoms with E-state index in [1.807, 2.05) is 0 Å². The molecule has 0 radical (unpaired) electrons. The van der Waals surface area contributed by atoms with Crippen molar-refractivity contribution in [3.05, 3.63) is 93.0 Å². The summed E-state index contributed by atoms with van der Waals surface area (Å²) in [5, 5.41) is 31.1. The molecule has 3 aromatic carbocycles. The van der Waals surface area contributed by atoms with Gasteiger partial charge < -0.3 is 20.1 Å². The number of non-ortho nitro benzene ring substituents is 2. The molecule has 0 heterocycles. The first-order valence-electron chi connectivity index (χ1n) is 11.7. The molecule has 2 atom stereocenters. The van der Waals surface area contributed by atoms with Crippen molar-refractivity contribution in [3.63, 3.8) is 0 Å². The van der Waals surface area contributed by atoms with Crippen LogP contribution in [0.3, 0.4) is 0 Å². The summed E-state index contributed by atoms with van der Waals surface area (Å²) < 4.78 is 6.93. The SMILES string of the molecule is O=C(Nc1ccc([N+](=O)[O-])cc1)NC(Oc1ccccc1OC(NC(=O)Nc1ccc([N+](=O)[O-])cc1)C(Cl)(Cl)Cl)C(Cl)(Cl)Cl. The number of benzene rings is 3. The van der Waals surface area contributed by atoms with Gasteiger partial charge in [0, 0.05) is 35.6 Å². The number of hydrogen-bond acceptors (Lipinski definition) is 8. The molecular weight excluding hydrogens is 713 g/mol. The number of alkyl halides is 6. The second-order valence-electron chi connectivity index (χ2n) is 8.33. The van der Waals surface area contributed by atoms with Gasteiger partial charge in [-0.3, -0.25) is 30.9 Å². The Morgan fingerprint density at radius 1 is 0.614 bits per heavy atom. The van der Waals surface area contributed by atoms with Crippen LogP contribution < -0.4 is 30.7 Å². The number of rotatable bonds is 10. The molecule has 0 aliphatic rings. The molecule has 0 aromatic heterocycles. The molecule has 0 aliphatic heterocycles. The van der Waals surface area contributed by atoms with Crippen molar-refractivity contribution in [1.29, 1.82) is 0 Å². The van der Waals surface area contributed by atoms with Crippen LogP contribution in [0.2, 0.25) is 0 Å². The number of urea groups is 2. The minimum atomic E-state index is -2.25. The van der Waals surface area contributed by atoms with E-state index in [0.29, 0.717) is 0 Å². The molecule has 0 aliphatic carbocycles. The fourth-order valence-corrected chi connectivity index (χ4v) is 3.76. The number of carbonyl (C=O) groups is 2. The van der Waals surface area contributed by atoms with Crippen molar-refractivity contribution in [2.24, 2.45) is 0 Å². The van der Waals surface area contributed by atoms with Crippen LogP contribution in [0.15, 0.2) is 72.8 Å². The molecule has 44 heavy (non-hydrogen) atoms. The van der Waals surface area contributed by atoms with E-state index >= 15 is 0 Å². The third-order valence-electron chi connectivity index (χ3n) is 5.13. The molecule has 3 rings (SSSR count). The summed E-state index contributed by atoms with van der Waals surface area (Å²) in [5.41, 5.74) is -0.0184. The van der Waals surface area contributed by atoms with Crippen LogP contribution in [0.4, 0.5) is 32.3 Å². The number of nitrogens with one attached hydrogen (secondary N) is 4. The van der Waals surface area contributed by atoms with Crippen LogP contribution in [-0.2, 0) is 0 Å². The maximum Gasteiger partial charge on any atom is 0.322 e. The van der Waals surface area contributed by atoms with Gasteiger partial charge in [0.05, 0.1) is 9.85 Å². The first kappa shape index (κ1) is 34.8. The van der Waals surface area contributed by atoms with E-state index in [0.717, 1.165) is 0 Å². The zero-order valence-corrected chi connectivity index (χ0v) is 26.0. The second-order valence-corrected chi connectivity index (χ2v) is 13.1. The highest BCUT2D eigenvalue weighted by molar-refractivity contribution is 6.68.